The first-order valence-electron chi connectivity index (χ1n) is 9.10. The van der Waals surface area contributed by atoms with Gasteiger partial charge in [0.2, 0.25) is 5.91 Å². The van der Waals surface area contributed by atoms with Crippen molar-refractivity contribution in [1.29, 1.82) is 0 Å². The lowest BCUT2D eigenvalue weighted by Crippen LogP contribution is -2.25. The summed E-state index contributed by atoms with van der Waals surface area (Å²) in [6, 6.07) is 5.72. The summed E-state index contributed by atoms with van der Waals surface area (Å²) in [6.07, 6.45) is 5.56. The summed E-state index contributed by atoms with van der Waals surface area (Å²) >= 11 is 0. The highest BCUT2D eigenvalue weighted by Gasteiger charge is 2.15. The molecule has 26 heavy (non-hydrogen) atoms. The molecule has 0 atom stereocenters. The van der Waals surface area contributed by atoms with Gasteiger partial charge in [0.1, 0.15) is 5.82 Å². The second-order valence-corrected chi connectivity index (χ2v) is 6.46. The van der Waals surface area contributed by atoms with Crippen LogP contribution in [0.2, 0.25) is 0 Å². The first-order chi connectivity index (χ1) is 12.7. The van der Waals surface area contributed by atoms with E-state index in [0.717, 1.165) is 43.0 Å². The van der Waals surface area contributed by atoms with E-state index >= 15 is 0 Å². The van der Waals surface area contributed by atoms with Gasteiger partial charge < -0.3 is 19.4 Å². The minimum Gasteiger partial charge on any atom is -0.493 e. The molecule has 0 saturated carbocycles. The Bertz CT molecular complexity index is 757. The number of nitrogens with zero attached hydrogens (tertiary/aromatic N) is 3. The summed E-state index contributed by atoms with van der Waals surface area (Å²) in [5, 5.41) is 11.5. The molecule has 7 heteroatoms. The van der Waals surface area contributed by atoms with Gasteiger partial charge in [0.15, 0.2) is 17.3 Å². The quantitative estimate of drug-likeness (QED) is 0.821. The number of nitrogens with one attached hydrogen (secondary N) is 1. The highest BCUT2D eigenvalue weighted by Crippen LogP contribution is 2.27. The van der Waals surface area contributed by atoms with Gasteiger partial charge in [-0.25, -0.2) is 0 Å². The zero-order valence-corrected chi connectivity index (χ0v) is 15.5. The predicted octanol–water partition coefficient (Wildman–Crippen LogP) is 2.27. The highest BCUT2D eigenvalue weighted by molar-refractivity contribution is 5.76. The van der Waals surface area contributed by atoms with E-state index in [9.17, 15) is 4.79 Å². The van der Waals surface area contributed by atoms with Gasteiger partial charge in [0, 0.05) is 19.4 Å². The van der Waals surface area contributed by atoms with Gasteiger partial charge >= 0.3 is 0 Å². The molecular formula is C19H26N4O3. The molecule has 1 aromatic heterocycles. The van der Waals surface area contributed by atoms with Crippen LogP contribution in [0.3, 0.4) is 0 Å². The number of carbonyl (C=O) groups excluding carboxylic acids is 1. The van der Waals surface area contributed by atoms with Crippen molar-refractivity contribution in [3.05, 3.63) is 35.4 Å². The molecule has 140 valence electrons. The van der Waals surface area contributed by atoms with Gasteiger partial charge in [-0.1, -0.05) is 12.5 Å². The van der Waals surface area contributed by atoms with E-state index < -0.39 is 0 Å². The Morgan fingerprint density at radius 3 is 2.81 bits per heavy atom. The van der Waals surface area contributed by atoms with Gasteiger partial charge in [-0.2, -0.15) is 0 Å². The van der Waals surface area contributed by atoms with Gasteiger partial charge in [-0.05, 0) is 37.0 Å². The smallest absolute Gasteiger partial charge is 0.220 e. The molecule has 1 aliphatic heterocycles. The van der Waals surface area contributed by atoms with Crippen LogP contribution < -0.4 is 14.8 Å². The molecular weight excluding hydrogens is 332 g/mol. The first-order valence-corrected chi connectivity index (χ1v) is 9.10. The Labute approximate surface area is 153 Å². The molecule has 7 nitrogen and oxygen atoms in total. The third-order valence-corrected chi connectivity index (χ3v) is 4.72. The van der Waals surface area contributed by atoms with Crippen molar-refractivity contribution >= 4 is 5.91 Å². The van der Waals surface area contributed by atoms with Gasteiger partial charge in [0.05, 0.1) is 20.8 Å². The standard InChI is InChI=1S/C19H26N4O3/c1-25-15-9-7-14(12-16(15)26-2)8-10-19(24)20-13-18-22-21-17-6-4-3-5-11-23(17)18/h7,9,12H,3-6,8,10-11,13H2,1-2H3,(H,20,24). The fourth-order valence-electron chi connectivity index (χ4n) is 3.24. The average molecular weight is 358 g/mol. The first kappa shape index (κ1) is 18.2. The summed E-state index contributed by atoms with van der Waals surface area (Å²) in [7, 11) is 3.21. The number of benzene rings is 1. The Morgan fingerprint density at radius 1 is 1.15 bits per heavy atom. The van der Waals surface area contributed by atoms with Crippen LogP contribution in [0.1, 0.15) is 42.9 Å². The lowest BCUT2D eigenvalue weighted by molar-refractivity contribution is -0.121. The topological polar surface area (TPSA) is 78.3 Å². The van der Waals surface area contributed by atoms with E-state index in [1.54, 1.807) is 14.2 Å². The van der Waals surface area contributed by atoms with Crippen LogP contribution in [0.4, 0.5) is 0 Å². The van der Waals surface area contributed by atoms with Crippen LogP contribution in [0, 0.1) is 0 Å². The van der Waals surface area contributed by atoms with Crippen molar-refractivity contribution in [3.8, 4) is 11.5 Å². The molecule has 1 N–H and O–H groups in total. The summed E-state index contributed by atoms with van der Waals surface area (Å²) in [6.45, 7) is 1.37. The van der Waals surface area contributed by atoms with Gasteiger partial charge in [0.25, 0.3) is 0 Å². The molecule has 0 unspecified atom stereocenters. The van der Waals surface area contributed by atoms with E-state index in [1.165, 1.54) is 6.42 Å². The molecule has 2 heterocycles. The lowest BCUT2D eigenvalue weighted by Gasteiger charge is -2.10. The Hall–Kier alpha value is -2.57. The minimum absolute atomic E-state index is 0.00533. The number of fused-ring (bicyclic) bond motifs is 1. The molecule has 1 aromatic carbocycles. The van der Waals surface area contributed by atoms with Crippen molar-refractivity contribution in [1.82, 2.24) is 20.1 Å². The molecule has 3 rings (SSSR count). The zero-order chi connectivity index (χ0) is 18.4. The molecule has 1 aliphatic rings. The number of aromatic nitrogens is 3. The largest absolute Gasteiger partial charge is 0.493 e. The SMILES string of the molecule is COc1ccc(CCC(=O)NCc2nnc3n2CCCCC3)cc1OC. The number of hydrogen-bond acceptors (Lipinski definition) is 5. The summed E-state index contributed by atoms with van der Waals surface area (Å²) in [5.74, 6) is 3.26. The van der Waals surface area contributed by atoms with E-state index in [-0.39, 0.29) is 5.91 Å². The van der Waals surface area contributed by atoms with Crippen LogP contribution in [-0.2, 0) is 30.7 Å². The Kier molecular flexibility index (Phi) is 6.09. The summed E-state index contributed by atoms with van der Waals surface area (Å²) < 4.78 is 12.7. The van der Waals surface area contributed by atoms with Crippen molar-refractivity contribution in [3.63, 3.8) is 0 Å². The van der Waals surface area contributed by atoms with Crippen molar-refractivity contribution in [2.24, 2.45) is 0 Å². The average Bonchev–Trinajstić information content (AvgIpc) is 2.90. The van der Waals surface area contributed by atoms with Crippen molar-refractivity contribution in [2.75, 3.05) is 14.2 Å². The lowest BCUT2D eigenvalue weighted by atomic mass is 10.1. The third kappa shape index (κ3) is 4.33. The van der Waals surface area contributed by atoms with Crippen LogP contribution in [0.25, 0.3) is 0 Å². The fraction of sp³-hybridized carbons (Fsp3) is 0.526. The molecule has 1 amide bonds. The number of rotatable bonds is 7. The monoisotopic (exact) mass is 358 g/mol. The van der Waals surface area contributed by atoms with Crippen LogP contribution in [0.5, 0.6) is 11.5 Å². The zero-order valence-electron chi connectivity index (χ0n) is 15.5. The summed E-state index contributed by atoms with van der Waals surface area (Å²) in [5.41, 5.74) is 1.04. The number of hydrogen-bond donors (Lipinski definition) is 1. The molecule has 0 fully saturated rings. The van der Waals surface area contributed by atoms with Crippen LogP contribution in [-0.4, -0.2) is 34.9 Å². The Morgan fingerprint density at radius 2 is 2.00 bits per heavy atom. The molecule has 0 radical (unpaired) electrons. The molecule has 0 saturated heterocycles. The highest BCUT2D eigenvalue weighted by atomic mass is 16.5. The Balaban J connectivity index is 1.51. The molecule has 0 aliphatic carbocycles. The van der Waals surface area contributed by atoms with Crippen molar-refractivity contribution < 1.29 is 14.3 Å². The molecule has 2 aromatic rings. The number of ether oxygens (including phenoxy) is 2. The van der Waals surface area contributed by atoms with E-state index in [2.05, 4.69) is 20.1 Å². The number of amides is 1. The summed E-state index contributed by atoms with van der Waals surface area (Å²) in [4.78, 5) is 12.2. The maximum atomic E-state index is 12.2. The van der Waals surface area contributed by atoms with E-state index in [0.29, 0.717) is 30.9 Å². The van der Waals surface area contributed by atoms with Crippen LogP contribution in [0.15, 0.2) is 18.2 Å². The minimum atomic E-state index is 0.00533. The fourth-order valence-corrected chi connectivity index (χ4v) is 3.24. The van der Waals surface area contributed by atoms with Crippen LogP contribution >= 0.6 is 0 Å². The van der Waals surface area contributed by atoms with Gasteiger partial charge in [-0.15, -0.1) is 10.2 Å². The van der Waals surface area contributed by atoms with Crippen molar-refractivity contribution in [2.45, 2.75) is 51.6 Å². The third-order valence-electron chi connectivity index (χ3n) is 4.72. The number of methoxy groups -OCH3 is 2. The maximum absolute atomic E-state index is 12.2. The second kappa shape index (κ2) is 8.69. The number of aryl methyl sites for hydroxylation is 2. The van der Waals surface area contributed by atoms with E-state index in [1.807, 2.05) is 18.2 Å². The maximum Gasteiger partial charge on any atom is 0.220 e. The molecule has 0 spiro atoms. The number of carbonyl (C=O) groups is 1. The molecule has 0 bridgehead atoms. The predicted molar refractivity (Wildman–Crippen MR) is 97.3 cm³/mol. The second-order valence-electron chi connectivity index (χ2n) is 6.46. The van der Waals surface area contributed by atoms with E-state index in [4.69, 9.17) is 9.47 Å². The normalized spacial score (nSPS) is 13.6. The van der Waals surface area contributed by atoms with Gasteiger partial charge in [-0.3, -0.25) is 4.79 Å².